The molecule has 0 bridgehead atoms. The summed E-state index contributed by atoms with van der Waals surface area (Å²) >= 11 is 0. The maximum Gasteiger partial charge on any atom is 0.0976 e. The highest BCUT2D eigenvalue weighted by molar-refractivity contribution is 5.99. The maximum absolute atomic E-state index is 5.79. The maximum atomic E-state index is 5.79. The van der Waals surface area contributed by atoms with Gasteiger partial charge in [0.05, 0.1) is 22.4 Å². The molecule has 370 valence electrons. The van der Waals surface area contributed by atoms with Gasteiger partial charge in [-0.05, 0) is 132 Å². The lowest BCUT2D eigenvalue weighted by Gasteiger charge is -2.20. The molecule has 0 aliphatic rings. The number of aryl methyl sites for hydroxylation is 2. The van der Waals surface area contributed by atoms with Crippen LogP contribution >= 0.6 is 0 Å². The zero-order valence-corrected chi connectivity index (χ0v) is 46.3. The van der Waals surface area contributed by atoms with Crippen LogP contribution in [0.15, 0.2) is 139 Å². The largest absolute Gasteiger partial charge is 0.243 e. The Morgan fingerprint density at radius 3 is 1.57 bits per heavy atom. The number of benzene rings is 4. The third-order valence-corrected chi connectivity index (χ3v) is 14.1. The molecule has 0 fully saturated rings. The number of unbranched alkanes of at least 4 members (excludes halogenated alkanes) is 4. The molecule has 2 nitrogen and oxygen atoms in total. The summed E-state index contributed by atoms with van der Waals surface area (Å²) in [6, 6.07) is 29.8. The van der Waals surface area contributed by atoms with Gasteiger partial charge >= 0.3 is 0 Å². The third kappa shape index (κ3) is 14.7. The van der Waals surface area contributed by atoms with Gasteiger partial charge in [-0.2, -0.15) is 0 Å². The van der Waals surface area contributed by atoms with Gasteiger partial charge in [0.15, 0.2) is 0 Å². The Labute approximate surface area is 426 Å². The molecule has 0 N–H and O–H groups in total. The molecule has 0 radical (unpaired) electrons. The number of hydrogen-bond donors (Lipinski definition) is 0. The minimum Gasteiger partial charge on any atom is -0.243 e. The van der Waals surface area contributed by atoms with Gasteiger partial charge in [0.1, 0.15) is 0 Å². The van der Waals surface area contributed by atoms with E-state index in [4.69, 9.17) is 9.97 Å². The summed E-state index contributed by atoms with van der Waals surface area (Å²) < 4.78 is 0. The second-order valence-electron chi connectivity index (χ2n) is 22.1. The SMILES string of the molecule is C=C(/C=C\C(=CC)C(C)(C)C)c1ccc(/C(C)=C/C=C(\CCC)c2ccc(/C(C)=C/C=C(\C)C(C)(C)C)c3nc(-c4ccc(CCCCC)cc4)c(-c4ccc(CCCCC)cc4)nc23)cc1C(C)C. The van der Waals surface area contributed by atoms with Crippen LogP contribution in [0, 0.1) is 10.8 Å². The Balaban J connectivity index is 1.73. The summed E-state index contributed by atoms with van der Waals surface area (Å²) in [4.78, 5) is 11.6. The van der Waals surface area contributed by atoms with Gasteiger partial charge in [-0.25, -0.2) is 9.97 Å². The van der Waals surface area contributed by atoms with Crippen LogP contribution < -0.4 is 0 Å². The van der Waals surface area contributed by atoms with Gasteiger partial charge in [0, 0.05) is 22.3 Å². The van der Waals surface area contributed by atoms with E-state index in [2.05, 4.69) is 232 Å². The van der Waals surface area contributed by atoms with Crippen molar-refractivity contribution in [2.45, 2.75) is 174 Å². The molecule has 5 rings (SSSR count). The number of hydrogen-bond acceptors (Lipinski definition) is 2. The van der Waals surface area contributed by atoms with Gasteiger partial charge in [0.25, 0.3) is 0 Å². The Morgan fingerprint density at radius 2 is 1.09 bits per heavy atom. The van der Waals surface area contributed by atoms with Gasteiger partial charge in [0.2, 0.25) is 0 Å². The molecular formula is C68H88N2. The highest BCUT2D eigenvalue weighted by Gasteiger charge is 2.21. The minimum atomic E-state index is 0.0764. The van der Waals surface area contributed by atoms with Gasteiger partial charge < -0.3 is 0 Å². The zero-order valence-electron chi connectivity index (χ0n) is 46.3. The van der Waals surface area contributed by atoms with E-state index in [0.29, 0.717) is 5.92 Å². The summed E-state index contributed by atoms with van der Waals surface area (Å²) in [5.74, 6) is 0.344. The van der Waals surface area contributed by atoms with Crippen molar-refractivity contribution in [2.24, 2.45) is 10.8 Å². The van der Waals surface area contributed by atoms with Crippen molar-refractivity contribution in [3.63, 3.8) is 0 Å². The summed E-state index contributed by atoms with van der Waals surface area (Å²) in [5.41, 5.74) is 22.2. The Morgan fingerprint density at radius 1 is 0.571 bits per heavy atom. The lowest BCUT2D eigenvalue weighted by Crippen LogP contribution is -2.07. The van der Waals surface area contributed by atoms with Crippen LogP contribution in [0.25, 0.3) is 55.8 Å². The molecule has 0 spiro atoms. The van der Waals surface area contributed by atoms with E-state index >= 15 is 0 Å². The molecule has 0 saturated heterocycles. The fraction of sp³-hybridized carbons (Fsp3) is 0.412. The summed E-state index contributed by atoms with van der Waals surface area (Å²) in [5, 5.41) is 0. The smallest absolute Gasteiger partial charge is 0.0976 e. The van der Waals surface area contributed by atoms with Crippen molar-refractivity contribution < 1.29 is 0 Å². The average Bonchev–Trinajstić information content (AvgIpc) is 3.33. The number of aromatic nitrogens is 2. The first-order valence-corrected chi connectivity index (χ1v) is 26.8. The van der Waals surface area contributed by atoms with Crippen LogP contribution in [0.5, 0.6) is 0 Å². The van der Waals surface area contributed by atoms with Crippen LogP contribution in [-0.2, 0) is 12.8 Å². The molecule has 1 heterocycles. The Kier molecular flexibility index (Phi) is 20.2. The fourth-order valence-corrected chi connectivity index (χ4v) is 9.06. The van der Waals surface area contributed by atoms with E-state index in [9.17, 15) is 0 Å². The zero-order chi connectivity index (χ0) is 51.2. The standard InChI is InChI=1S/C68H88N2/c1-17-21-23-26-52-32-37-55(38-33-52)63-64(56-39-34-53(35-40-56)27-24-22-18-2)70-66-61(45-44-60(65(66)69-63)50(9)28-31-51(10)67(11,12)13)54(25-19-3)36-29-48(7)57-41-43-59(62(46-57)47(5)6)49(8)30-42-58(20-4)68(14,15)16/h20,28-47H,8,17-19,21-27H2,1-7,9-16H3/b42-30-,48-29+,50-28+,51-31+,54-36+,58-20?. The van der Waals surface area contributed by atoms with Crippen LogP contribution in [0.2, 0.25) is 0 Å². The van der Waals surface area contributed by atoms with E-state index in [1.54, 1.807) is 0 Å². The molecule has 0 unspecified atom stereocenters. The van der Waals surface area contributed by atoms with Gasteiger partial charge in [-0.3, -0.25) is 0 Å². The van der Waals surface area contributed by atoms with Crippen molar-refractivity contribution in [3.8, 4) is 22.5 Å². The van der Waals surface area contributed by atoms with Crippen molar-refractivity contribution >= 4 is 33.3 Å². The van der Waals surface area contributed by atoms with Gasteiger partial charge in [-0.1, -0.05) is 242 Å². The van der Waals surface area contributed by atoms with Gasteiger partial charge in [-0.15, -0.1) is 0 Å². The Hall–Kier alpha value is -5.60. The molecule has 1 aromatic heterocycles. The van der Waals surface area contributed by atoms with Crippen molar-refractivity contribution in [1.29, 1.82) is 0 Å². The second-order valence-corrected chi connectivity index (χ2v) is 22.1. The summed E-state index contributed by atoms with van der Waals surface area (Å²) in [7, 11) is 0. The van der Waals surface area contributed by atoms with E-state index in [1.807, 2.05) is 0 Å². The molecule has 2 heteroatoms. The second kappa shape index (κ2) is 25.5. The minimum absolute atomic E-state index is 0.0764. The van der Waals surface area contributed by atoms with E-state index < -0.39 is 0 Å². The monoisotopic (exact) mass is 933 g/mol. The van der Waals surface area contributed by atoms with Crippen molar-refractivity contribution in [2.75, 3.05) is 0 Å². The lowest BCUT2D eigenvalue weighted by atomic mass is 9.85. The molecular weight excluding hydrogens is 845 g/mol. The molecule has 70 heavy (non-hydrogen) atoms. The average molecular weight is 933 g/mol. The summed E-state index contributed by atoms with van der Waals surface area (Å²) in [6.45, 7) is 38.3. The van der Waals surface area contributed by atoms with Crippen molar-refractivity contribution in [1.82, 2.24) is 9.97 Å². The van der Waals surface area contributed by atoms with Crippen molar-refractivity contribution in [3.05, 3.63) is 178 Å². The first-order valence-electron chi connectivity index (χ1n) is 26.8. The van der Waals surface area contributed by atoms with Crippen LogP contribution in [-0.4, -0.2) is 9.97 Å². The van der Waals surface area contributed by atoms with Crippen LogP contribution in [0.1, 0.15) is 200 Å². The molecule has 4 aromatic carbocycles. The first-order chi connectivity index (χ1) is 33.3. The highest BCUT2D eigenvalue weighted by atomic mass is 14.8. The van der Waals surface area contributed by atoms with Crippen LogP contribution in [0.4, 0.5) is 0 Å². The normalized spacial score (nSPS) is 13.6. The molecule has 0 aliphatic carbocycles. The summed E-state index contributed by atoms with van der Waals surface area (Å²) in [6.07, 6.45) is 27.3. The lowest BCUT2D eigenvalue weighted by molar-refractivity contribution is 0.504. The third-order valence-electron chi connectivity index (χ3n) is 14.1. The number of fused-ring (bicyclic) bond motifs is 1. The molecule has 0 saturated carbocycles. The number of allylic oxidation sites excluding steroid dienone is 13. The van der Waals surface area contributed by atoms with E-state index in [0.717, 1.165) is 75.9 Å². The molecule has 5 aromatic rings. The van der Waals surface area contributed by atoms with E-state index in [-0.39, 0.29) is 10.8 Å². The first kappa shape index (κ1) is 55.3. The quantitative estimate of drug-likeness (QED) is 0.0541. The van der Waals surface area contributed by atoms with Crippen LogP contribution in [0.3, 0.4) is 0 Å². The molecule has 0 aliphatic heterocycles. The topological polar surface area (TPSA) is 25.8 Å². The number of nitrogens with zero attached hydrogens (tertiary/aromatic N) is 2. The highest BCUT2D eigenvalue weighted by Crippen LogP contribution is 2.39. The molecule has 0 amide bonds. The molecule has 0 atom stereocenters. The number of rotatable bonds is 21. The fourth-order valence-electron chi connectivity index (χ4n) is 9.06. The van der Waals surface area contributed by atoms with E-state index in [1.165, 1.54) is 94.2 Å². The Bertz CT molecular complexity index is 2740. The predicted molar refractivity (Wildman–Crippen MR) is 312 cm³/mol. The predicted octanol–water partition coefficient (Wildman–Crippen LogP) is 20.8.